The van der Waals surface area contributed by atoms with Gasteiger partial charge < -0.3 is 15.2 Å². The number of amides is 1. The highest BCUT2D eigenvalue weighted by Crippen LogP contribution is 2.21. The summed E-state index contributed by atoms with van der Waals surface area (Å²) in [6.45, 7) is 1.70. The lowest BCUT2D eigenvalue weighted by molar-refractivity contribution is -0.132. The number of para-hydroxylation sites is 1. The minimum atomic E-state index is -0.418. The molecule has 2 heterocycles. The SMILES string of the molecule is Nc1nc2c(F)cccc2n1CC(=O)N1CCCCC1. The molecule has 2 aromatic rings. The first kappa shape index (κ1) is 12.9. The van der Waals surface area contributed by atoms with Gasteiger partial charge in [0.2, 0.25) is 11.9 Å². The van der Waals surface area contributed by atoms with Gasteiger partial charge in [-0.25, -0.2) is 9.37 Å². The summed E-state index contributed by atoms with van der Waals surface area (Å²) in [5.41, 5.74) is 6.60. The van der Waals surface area contributed by atoms with Crippen molar-refractivity contribution in [1.29, 1.82) is 0 Å². The van der Waals surface area contributed by atoms with E-state index in [1.54, 1.807) is 16.7 Å². The Morgan fingerprint density at radius 2 is 2.05 bits per heavy atom. The molecule has 6 heteroatoms. The van der Waals surface area contributed by atoms with Gasteiger partial charge >= 0.3 is 0 Å². The van der Waals surface area contributed by atoms with Gasteiger partial charge in [0.05, 0.1) is 5.52 Å². The van der Waals surface area contributed by atoms with Crippen molar-refractivity contribution < 1.29 is 9.18 Å². The molecule has 1 aliphatic rings. The van der Waals surface area contributed by atoms with Crippen molar-refractivity contribution in [3.8, 4) is 0 Å². The normalized spacial score (nSPS) is 15.8. The number of anilines is 1. The first-order chi connectivity index (χ1) is 9.66. The summed E-state index contributed by atoms with van der Waals surface area (Å²) in [7, 11) is 0. The molecule has 0 atom stereocenters. The number of fused-ring (bicyclic) bond motifs is 1. The number of aromatic nitrogens is 2. The van der Waals surface area contributed by atoms with E-state index in [4.69, 9.17) is 5.73 Å². The summed E-state index contributed by atoms with van der Waals surface area (Å²) in [5, 5.41) is 0. The van der Waals surface area contributed by atoms with Crippen molar-refractivity contribution in [2.45, 2.75) is 25.8 Å². The monoisotopic (exact) mass is 276 g/mol. The largest absolute Gasteiger partial charge is 0.369 e. The second-order valence-electron chi connectivity index (χ2n) is 5.11. The van der Waals surface area contributed by atoms with Gasteiger partial charge in [0.25, 0.3) is 0 Å². The molecule has 1 aromatic heterocycles. The van der Waals surface area contributed by atoms with Gasteiger partial charge in [0, 0.05) is 13.1 Å². The van der Waals surface area contributed by atoms with Crippen molar-refractivity contribution >= 4 is 22.9 Å². The van der Waals surface area contributed by atoms with Crippen LogP contribution in [0.5, 0.6) is 0 Å². The number of imidazole rings is 1. The zero-order valence-electron chi connectivity index (χ0n) is 11.2. The number of carbonyl (C=O) groups excluding carboxylic acids is 1. The maximum atomic E-state index is 13.6. The van der Waals surface area contributed by atoms with E-state index in [2.05, 4.69) is 4.98 Å². The van der Waals surface area contributed by atoms with Crippen molar-refractivity contribution in [2.75, 3.05) is 18.8 Å². The average molecular weight is 276 g/mol. The molecular weight excluding hydrogens is 259 g/mol. The lowest BCUT2D eigenvalue weighted by Gasteiger charge is -2.27. The highest BCUT2D eigenvalue weighted by Gasteiger charge is 2.19. The van der Waals surface area contributed by atoms with Crippen LogP contribution >= 0.6 is 0 Å². The lowest BCUT2D eigenvalue weighted by atomic mass is 10.1. The van der Waals surface area contributed by atoms with Crippen LogP contribution in [-0.4, -0.2) is 33.4 Å². The molecular formula is C14H17FN4O. The number of nitrogens with two attached hydrogens (primary N) is 1. The molecule has 20 heavy (non-hydrogen) atoms. The topological polar surface area (TPSA) is 64.1 Å². The van der Waals surface area contributed by atoms with Crippen LogP contribution < -0.4 is 5.73 Å². The number of nitrogen functional groups attached to an aromatic ring is 1. The van der Waals surface area contributed by atoms with Crippen LogP contribution in [0.3, 0.4) is 0 Å². The van der Waals surface area contributed by atoms with Crippen LogP contribution in [0.4, 0.5) is 10.3 Å². The predicted molar refractivity (Wildman–Crippen MR) is 74.5 cm³/mol. The first-order valence-corrected chi connectivity index (χ1v) is 6.85. The van der Waals surface area contributed by atoms with Gasteiger partial charge in [0.15, 0.2) is 5.82 Å². The molecule has 0 bridgehead atoms. The van der Waals surface area contributed by atoms with Crippen LogP contribution in [0.1, 0.15) is 19.3 Å². The molecule has 2 N–H and O–H groups in total. The standard InChI is InChI=1S/C14H17FN4O/c15-10-5-4-6-11-13(10)17-14(16)19(11)9-12(20)18-7-2-1-3-8-18/h4-6H,1-3,7-9H2,(H2,16,17). The molecule has 1 amide bonds. The highest BCUT2D eigenvalue weighted by atomic mass is 19.1. The smallest absolute Gasteiger partial charge is 0.242 e. The molecule has 0 unspecified atom stereocenters. The molecule has 1 saturated heterocycles. The Morgan fingerprint density at radius 3 is 2.80 bits per heavy atom. The number of halogens is 1. The fourth-order valence-electron chi connectivity index (χ4n) is 2.68. The van der Waals surface area contributed by atoms with E-state index in [0.29, 0.717) is 5.52 Å². The maximum Gasteiger partial charge on any atom is 0.242 e. The van der Waals surface area contributed by atoms with Crippen molar-refractivity contribution in [3.05, 3.63) is 24.0 Å². The van der Waals surface area contributed by atoms with Crippen LogP contribution in [0.25, 0.3) is 11.0 Å². The quantitative estimate of drug-likeness (QED) is 0.909. The minimum Gasteiger partial charge on any atom is -0.369 e. The van der Waals surface area contributed by atoms with Gasteiger partial charge in [-0.15, -0.1) is 0 Å². The Bertz CT molecular complexity index is 646. The van der Waals surface area contributed by atoms with E-state index in [9.17, 15) is 9.18 Å². The third-order valence-electron chi connectivity index (χ3n) is 3.76. The molecule has 1 aliphatic heterocycles. The molecule has 0 radical (unpaired) electrons. The number of rotatable bonds is 2. The Labute approximate surface area is 116 Å². The Morgan fingerprint density at radius 1 is 1.30 bits per heavy atom. The minimum absolute atomic E-state index is 0.0139. The van der Waals surface area contributed by atoms with Crippen LogP contribution in [-0.2, 0) is 11.3 Å². The fraction of sp³-hybridized carbons (Fsp3) is 0.429. The van der Waals surface area contributed by atoms with E-state index in [-0.39, 0.29) is 23.9 Å². The van der Waals surface area contributed by atoms with Gasteiger partial charge in [-0.3, -0.25) is 4.79 Å². The number of benzene rings is 1. The molecule has 3 rings (SSSR count). The van der Waals surface area contributed by atoms with E-state index in [0.717, 1.165) is 25.9 Å². The van der Waals surface area contributed by atoms with Crippen molar-refractivity contribution in [1.82, 2.24) is 14.5 Å². The maximum absolute atomic E-state index is 13.6. The van der Waals surface area contributed by atoms with Crippen LogP contribution in [0, 0.1) is 5.82 Å². The lowest BCUT2D eigenvalue weighted by Crippen LogP contribution is -2.37. The summed E-state index contributed by atoms with van der Waals surface area (Å²) in [5.74, 6) is -0.228. The number of hydrogen-bond donors (Lipinski definition) is 1. The predicted octanol–water partition coefficient (Wildman–Crippen LogP) is 1.77. The fourth-order valence-corrected chi connectivity index (χ4v) is 2.68. The van der Waals surface area contributed by atoms with E-state index in [1.165, 1.54) is 12.5 Å². The summed E-state index contributed by atoms with van der Waals surface area (Å²) in [6, 6.07) is 4.66. The Kier molecular flexibility index (Phi) is 3.30. The van der Waals surface area contributed by atoms with E-state index >= 15 is 0 Å². The third kappa shape index (κ3) is 2.21. The zero-order valence-corrected chi connectivity index (χ0v) is 11.2. The van der Waals surface area contributed by atoms with Crippen LogP contribution in [0.15, 0.2) is 18.2 Å². The number of carbonyl (C=O) groups is 1. The first-order valence-electron chi connectivity index (χ1n) is 6.85. The Hall–Kier alpha value is -2.11. The second-order valence-corrected chi connectivity index (χ2v) is 5.11. The van der Waals surface area contributed by atoms with Crippen molar-refractivity contribution in [2.24, 2.45) is 0 Å². The highest BCUT2D eigenvalue weighted by molar-refractivity contribution is 5.83. The van der Waals surface area contributed by atoms with Crippen LogP contribution in [0.2, 0.25) is 0 Å². The summed E-state index contributed by atoms with van der Waals surface area (Å²) in [6.07, 6.45) is 3.26. The van der Waals surface area contributed by atoms with Gasteiger partial charge in [-0.1, -0.05) is 6.07 Å². The molecule has 0 saturated carbocycles. The van der Waals surface area contributed by atoms with Crippen molar-refractivity contribution in [3.63, 3.8) is 0 Å². The molecule has 0 aliphatic carbocycles. The Balaban J connectivity index is 1.88. The molecule has 0 spiro atoms. The second kappa shape index (κ2) is 5.11. The van der Waals surface area contributed by atoms with Gasteiger partial charge in [-0.05, 0) is 31.4 Å². The summed E-state index contributed by atoms with van der Waals surface area (Å²) < 4.78 is 15.2. The van der Waals surface area contributed by atoms with Gasteiger partial charge in [-0.2, -0.15) is 0 Å². The molecule has 106 valence electrons. The van der Waals surface area contributed by atoms with Gasteiger partial charge in [0.1, 0.15) is 12.1 Å². The average Bonchev–Trinajstić information content (AvgIpc) is 2.78. The summed E-state index contributed by atoms with van der Waals surface area (Å²) >= 11 is 0. The van der Waals surface area contributed by atoms with E-state index < -0.39 is 5.82 Å². The summed E-state index contributed by atoms with van der Waals surface area (Å²) in [4.78, 5) is 18.1. The molecule has 1 aromatic carbocycles. The van der Waals surface area contributed by atoms with E-state index in [1.807, 2.05) is 4.90 Å². The number of likely N-dealkylation sites (tertiary alicyclic amines) is 1. The number of piperidine rings is 1. The zero-order chi connectivity index (χ0) is 14.1. The molecule has 1 fully saturated rings. The third-order valence-corrected chi connectivity index (χ3v) is 3.76. The number of nitrogens with zero attached hydrogens (tertiary/aromatic N) is 3. The number of hydrogen-bond acceptors (Lipinski definition) is 3. The molecule has 5 nitrogen and oxygen atoms in total.